The molecule has 1 aromatic heterocycles. The van der Waals surface area contributed by atoms with Gasteiger partial charge in [-0.25, -0.2) is 9.18 Å². The first-order valence-corrected chi connectivity index (χ1v) is 18.5. The highest BCUT2D eigenvalue weighted by Crippen LogP contribution is 2.21. The van der Waals surface area contributed by atoms with Gasteiger partial charge in [-0.2, -0.15) is 0 Å². The zero-order valence-corrected chi connectivity index (χ0v) is 30.4. The van der Waals surface area contributed by atoms with Crippen molar-refractivity contribution in [2.24, 2.45) is 0 Å². The molecular formula is C42H39FN4O7S. The van der Waals surface area contributed by atoms with Gasteiger partial charge in [0.05, 0.1) is 0 Å². The van der Waals surface area contributed by atoms with Crippen molar-refractivity contribution in [1.29, 1.82) is 0 Å². The summed E-state index contributed by atoms with van der Waals surface area (Å²) in [5.41, 5.74) is 3.55. The van der Waals surface area contributed by atoms with Gasteiger partial charge in [0.1, 0.15) is 35.7 Å². The van der Waals surface area contributed by atoms with Crippen LogP contribution in [0.3, 0.4) is 0 Å². The molecule has 7 rings (SSSR count). The third-order valence-corrected chi connectivity index (χ3v) is 10.0. The van der Waals surface area contributed by atoms with Gasteiger partial charge >= 0.3 is 5.97 Å². The molecule has 11 nitrogen and oxygen atoms in total. The number of halogens is 1. The monoisotopic (exact) mass is 762 g/mol. The van der Waals surface area contributed by atoms with Gasteiger partial charge in [-0.3, -0.25) is 19.2 Å². The zero-order valence-electron chi connectivity index (χ0n) is 29.6. The van der Waals surface area contributed by atoms with Gasteiger partial charge in [-0.1, -0.05) is 84.9 Å². The maximum absolute atomic E-state index is 14.3. The normalized spacial score (nSPS) is 19.7. The lowest BCUT2D eigenvalue weighted by Crippen LogP contribution is -2.59. The lowest BCUT2D eigenvalue weighted by molar-refractivity contribution is -0.142. The molecule has 2 aliphatic heterocycles. The molecule has 282 valence electrons. The van der Waals surface area contributed by atoms with Crippen LogP contribution in [0.15, 0.2) is 121 Å². The number of fused-ring (bicyclic) bond motifs is 16. The molecule has 13 heteroatoms. The van der Waals surface area contributed by atoms with Crippen molar-refractivity contribution in [3.8, 4) is 16.9 Å². The van der Waals surface area contributed by atoms with Gasteiger partial charge in [0.25, 0.3) is 5.91 Å². The SMILES string of the molecule is O=C1COc2ccc(cc2)CC(C(=O)O)NC(=O)C(Cc2ccccc2)NC(=O)C(Cc2ccc(-c3ccc(F)cc3)cc2)NC(=O)C(Cc2cccs2)N1. The molecule has 0 radical (unpaired) electrons. The van der Waals surface area contributed by atoms with E-state index in [4.69, 9.17) is 4.74 Å². The summed E-state index contributed by atoms with van der Waals surface area (Å²) in [5.74, 6) is -3.92. The highest BCUT2D eigenvalue weighted by atomic mass is 32.1. The van der Waals surface area contributed by atoms with Crippen LogP contribution in [-0.2, 0) is 49.7 Å². The molecule has 0 saturated heterocycles. The number of ether oxygens (including phenoxy) is 1. The average Bonchev–Trinajstić information content (AvgIpc) is 3.70. The molecule has 4 amide bonds. The van der Waals surface area contributed by atoms with E-state index in [1.807, 2.05) is 35.7 Å². The van der Waals surface area contributed by atoms with E-state index in [1.165, 1.54) is 23.5 Å². The summed E-state index contributed by atoms with van der Waals surface area (Å²) in [5, 5.41) is 22.9. The number of nitrogens with one attached hydrogen (secondary N) is 4. The minimum absolute atomic E-state index is 0.00451. The lowest BCUT2D eigenvalue weighted by atomic mass is 9.99. The number of carbonyl (C=O) groups is 5. The maximum Gasteiger partial charge on any atom is 0.326 e. The van der Waals surface area contributed by atoms with Crippen LogP contribution in [-0.4, -0.2) is 65.5 Å². The molecule has 2 aliphatic rings. The Morgan fingerprint density at radius 1 is 0.655 bits per heavy atom. The van der Waals surface area contributed by atoms with Gasteiger partial charge in [0.2, 0.25) is 17.7 Å². The topological polar surface area (TPSA) is 163 Å². The van der Waals surface area contributed by atoms with E-state index < -0.39 is 60.4 Å². The summed E-state index contributed by atoms with van der Waals surface area (Å²) in [6, 6.07) is 27.4. The van der Waals surface area contributed by atoms with Crippen LogP contribution in [0.1, 0.15) is 21.6 Å². The Morgan fingerprint density at radius 2 is 1.22 bits per heavy atom. The molecule has 4 aromatic carbocycles. The first kappa shape index (κ1) is 38.4. The number of thiophene rings is 1. The van der Waals surface area contributed by atoms with Crippen LogP contribution >= 0.6 is 11.3 Å². The maximum atomic E-state index is 14.3. The first-order valence-electron chi connectivity index (χ1n) is 17.7. The third-order valence-electron chi connectivity index (χ3n) is 9.10. The smallest absolute Gasteiger partial charge is 0.326 e. The highest BCUT2D eigenvalue weighted by Gasteiger charge is 2.32. The third kappa shape index (κ3) is 10.9. The summed E-state index contributed by atoms with van der Waals surface area (Å²) < 4.78 is 19.2. The molecule has 55 heavy (non-hydrogen) atoms. The average molecular weight is 763 g/mol. The molecule has 4 unspecified atom stereocenters. The fraction of sp³-hybridized carbons (Fsp3) is 0.214. The number of hydrogen-bond donors (Lipinski definition) is 5. The minimum Gasteiger partial charge on any atom is -0.484 e. The van der Waals surface area contributed by atoms with Crippen LogP contribution in [0.4, 0.5) is 4.39 Å². The van der Waals surface area contributed by atoms with Crippen LogP contribution < -0.4 is 26.0 Å². The predicted molar refractivity (Wildman–Crippen MR) is 205 cm³/mol. The van der Waals surface area contributed by atoms with E-state index in [-0.39, 0.29) is 31.5 Å². The summed E-state index contributed by atoms with van der Waals surface area (Å²) in [7, 11) is 0. The molecule has 4 atom stereocenters. The Morgan fingerprint density at radius 3 is 1.80 bits per heavy atom. The summed E-state index contributed by atoms with van der Waals surface area (Å²) in [4.78, 5) is 68.6. The van der Waals surface area contributed by atoms with Crippen molar-refractivity contribution in [2.75, 3.05) is 6.61 Å². The van der Waals surface area contributed by atoms with Gasteiger partial charge in [-0.15, -0.1) is 11.3 Å². The van der Waals surface area contributed by atoms with Crippen molar-refractivity contribution >= 4 is 40.9 Å². The van der Waals surface area contributed by atoms with E-state index in [1.54, 1.807) is 72.8 Å². The Kier molecular flexibility index (Phi) is 12.7. The number of amides is 4. The first-order chi connectivity index (χ1) is 26.6. The molecular weight excluding hydrogens is 724 g/mol. The van der Waals surface area contributed by atoms with Gasteiger partial charge in [-0.05, 0) is 63.5 Å². The van der Waals surface area contributed by atoms with Crippen molar-refractivity contribution in [3.05, 3.63) is 148 Å². The largest absolute Gasteiger partial charge is 0.484 e. The summed E-state index contributed by atoms with van der Waals surface area (Å²) in [6.45, 7) is -0.410. The van der Waals surface area contributed by atoms with Gasteiger partial charge in [0.15, 0.2) is 6.61 Å². The fourth-order valence-electron chi connectivity index (χ4n) is 6.18. The summed E-state index contributed by atoms with van der Waals surface area (Å²) in [6.07, 6.45) is 0.0986. The number of hydrogen-bond acceptors (Lipinski definition) is 7. The number of carboxylic acids is 1. The van der Waals surface area contributed by atoms with E-state index in [0.29, 0.717) is 22.4 Å². The number of benzene rings is 4. The molecule has 3 heterocycles. The van der Waals surface area contributed by atoms with Gasteiger partial charge < -0.3 is 31.1 Å². The predicted octanol–water partition coefficient (Wildman–Crippen LogP) is 4.24. The molecule has 2 bridgehead atoms. The second-order valence-corrected chi connectivity index (χ2v) is 14.2. The van der Waals surface area contributed by atoms with Crippen molar-refractivity contribution in [2.45, 2.75) is 49.9 Å². The molecule has 0 aliphatic carbocycles. The Labute approximate surface area is 320 Å². The fourth-order valence-corrected chi connectivity index (χ4v) is 6.93. The van der Waals surface area contributed by atoms with Crippen LogP contribution in [0.2, 0.25) is 0 Å². The number of aliphatic carboxylic acids is 1. The van der Waals surface area contributed by atoms with E-state index in [0.717, 1.165) is 16.0 Å². The zero-order chi connectivity index (χ0) is 38.7. The highest BCUT2D eigenvalue weighted by molar-refractivity contribution is 7.09. The number of carboxylic acid groups (broad SMARTS) is 1. The molecule has 5 N–H and O–H groups in total. The standard InChI is InChI=1S/C42H39FN4O7S/c43-31-16-14-30(15-17-31)29-12-8-27(9-13-29)22-35-39(49)45-34(21-26-5-2-1-3-6-26)40(50)47-37(42(52)53)23-28-10-18-32(19-11-28)54-25-38(48)44-36(41(51)46-35)24-33-7-4-20-55-33/h1-20,34-37H,21-25H2,(H,44,48)(H,45,49)(H,46,51)(H,47,50)(H,52,53). The molecule has 0 fully saturated rings. The van der Waals surface area contributed by atoms with Crippen molar-refractivity contribution in [3.63, 3.8) is 0 Å². The number of rotatable bonds is 8. The molecule has 5 aromatic rings. The van der Waals surface area contributed by atoms with E-state index in [9.17, 15) is 33.5 Å². The van der Waals surface area contributed by atoms with Crippen molar-refractivity contribution < 1.29 is 38.2 Å². The molecule has 0 saturated carbocycles. The number of carbonyl (C=O) groups excluding carboxylic acids is 4. The van der Waals surface area contributed by atoms with E-state index >= 15 is 0 Å². The molecule has 0 spiro atoms. The second kappa shape index (κ2) is 18.1. The minimum atomic E-state index is -1.34. The lowest BCUT2D eigenvalue weighted by Gasteiger charge is -2.26. The Balaban J connectivity index is 1.34. The van der Waals surface area contributed by atoms with Crippen LogP contribution in [0.25, 0.3) is 11.1 Å². The van der Waals surface area contributed by atoms with Crippen LogP contribution in [0, 0.1) is 5.82 Å². The van der Waals surface area contributed by atoms with E-state index in [2.05, 4.69) is 21.3 Å². The quantitative estimate of drug-likeness (QED) is 0.148. The Hall–Kier alpha value is -6.34. The second-order valence-electron chi connectivity index (χ2n) is 13.2. The van der Waals surface area contributed by atoms with Crippen LogP contribution in [0.5, 0.6) is 5.75 Å². The summed E-state index contributed by atoms with van der Waals surface area (Å²) >= 11 is 1.41. The van der Waals surface area contributed by atoms with Crippen molar-refractivity contribution in [1.82, 2.24) is 21.3 Å². The Bertz CT molecular complexity index is 2090. The van der Waals surface area contributed by atoms with Gasteiger partial charge in [0, 0.05) is 30.6 Å².